The number of fused-ring (bicyclic) bond motifs is 1. The molecule has 5 nitrogen and oxygen atoms in total. The highest BCUT2D eigenvalue weighted by atomic mass is 35.5. The Bertz CT molecular complexity index is 859. The lowest BCUT2D eigenvalue weighted by Crippen LogP contribution is -2.35. The van der Waals surface area contributed by atoms with E-state index in [2.05, 4.69) is 27.2 Å². The van der Waals surface area contributed by atoms with Crippen molar-refractivity contribution in [1.82, 2.24) is 14.9 Å². The van der Waals surface area contributed by atoms with E-state index in [1.54, 1.807) is 22.7 Å². The number of hydrogen-bond acceptors (Lipinski definition) is 7. The monoisotopic (exact) mass is 394 g/mol. The zero-order valence-electron chi connectivity index (χ0n) is 13.9. The van der Waals surface area contributed by atoms with Gasteiger partial charge in [0.05, 0.1) is 42.2 Å². The van der Waals surface area contributed by atoms with Crippen molar-refractivity contribution in [2.75, 3.05) is 38.3 Å². The molecule has 0 atom stereocenters. The number of morpholine rings is 1. The van der Waals surface area contributed by atoms with Crippen molar-refractivity contribution in [1.29, 1.82) is 0 Å². The van der Waals surface area contributed by atoms with Crippen LogP contribution in [0.4, 0.5) is 5.13 Å². The first-order valence-electron chi connectivity index (χ1n) is 8.18. The Morgan fingerprint density at radius 2 is 2.12 bits per heavy atom. The van der Waals surface area contributed by atoms with Crippen LogP contribution in [0.15, 0.2) is 23.6 Å². The molecular weight excluding hydrogens is 376 g/mol. The van der Waals surface area contributed by atoms with E-state index < -0.39 is 0 Å². The number of hydrogen-bond donors (Lipinski definition) is 0. The molecule has 1 aliphatic heterocycles. The summed E-state index contributed by atoms with van der Waals surface area (Å²) in [7, 11) is 2.06. The van der Waals surface area contributed by atoms with Crippen molar-refractivity contribution < 1.29 is 4.74 Å². The minimum absolute atomic E-state index is 0.748. The Morgan fingerprint density at radius 3 is 2.96 bits per heavy atom. The molecule has 1 aromatic carbocycles. The molecule has 0 unspecified atom stereocenters. The molecule has 0 bridgehead atoms. The molecule has 0 spiro atoms. The molecule has 0 saturated carbocycles. The van der Waals surface area contributed by atoms with Gasteiger partial charge in [-0.3, -0.25) is 4.90 Å². The van der Waals surface area contributed by atoms with E-state index in [4.69, 9.17) is 21.3 Å². The van der Waals surface area contributed by atoms with Crippen LogP contribution >= 0.6 is 34.3 Å². The molecule has 0 aliphatic carbocycles. The van der Waals surface area contributed by atoms with Gasteiger partial charge in [0.2, 0.25) is 0 Å². The normalized spacial score (nSPS) is 15.8. The first kappa shape index (κ1) is 17.2. The van der Waals surface area contributed by atoms with Crippen molar-refractivity contribution in [3.05, 3.63) is 39.3 Å². The molecule has 0 N–H and O–H groups in total. The average molecular weight is 395 g/mol. The second-order valence-corrected chi connectivity index (χ2v) is 8.47. The predicted molar refractivity (Wildman–Crippen MR) is 105 cm³/mol. The SMILES string of the molecule is CN(Cc1csc(CN2CCOCC2)n1)c1nc2ccc(Cl)cc2s1. The lowest BCUT2D eigenvalue weighted by atomic mass is 10.3. The van der Waals surface area contributed by atoms with Gasteiger partial charge in [0, 0.05) is 30.5 Å². The molecule has 3 heterocycles. The fourth-order valence-electron chi connectivity index (χ4n) is 2.80. The molecule has 0 radical (unpaired) electrons. The van der Waals surface area contributed by atoms with Gasteiger partial charge < -0.3 is 9.64 Å². The standard InChI is InChI=1S/C17H19ClN4OS2/c1-21(17-20-14-3-2-12(18)8-15(14)25-17)9-13-11-24-16(19-13)10-22-4-6-23-7-5-22/h2-3,8,11H,4-7,9-10H2,1H3. The molecule has 132 valence electrons. The van der Waals surface area contributed by atoms with Gasteiger partial charge in [0.1, 0.15) is 5.01 Å². The number of anilines is 1. The summed E-state index contributed by atoms with van der Waals surface area (Å²) >= 11 is 9.46. The minimum atomic E-state index is 0.748. The largest absolute Gasteiger partial charge is 0.379 e. The molecule has 2 aromatic heterocycles. The number of ether oxygens (including phenoxy) is 1. The van der Waals surface area contributed by atoms with Crippen LogP contribution in [0, 0.1) is 0 Å². The van der Waals surface area contributed by atoms with Crippen molar-refractivity contribution in [3.8, 4) is 0 Å². The van der Waals surface area contributed by atoms with Gasteiger partial charge in [-0.1, -0.05) is 22.9 Å². The van der Waals surface area contributed by atoms with Crippen LogP contribution in [0.3, 0.4) is 0 Å². The van der Waals surface area contributed by atoms with Gasteiger partial charge in [0.15, 0.2) is 5.13 Å². The van der Waals surface area contributed by atoms with Gasteiger partial charge in [-0.05, 0) is 18.2 Å². The maximum Gasteiger partial charge on any atom is 0.186 e. The number of thiazole rings is 2. The van der Waals surface area contributed by atoms with Gasteiger partial charge in [-0.25, -0.2) is 9.97 Å². The second kappa shape index (κ2) is 7.55. The number of aromatic nitrogens is 2. The quantitative estimate of drug-likeness (QED) is 0.657. The summed E-state index contributed by atoms with van der Waals surface area (Å²) in [6.45, 7) is 5.29. The first-order valence-corrected chi connectivity index (χ1v) is 10.3. The van der Waals surface area contributed by atoms with Crippen molar-refractivity contribution in [3.63, 3.8) is 0 Å². The van der Waals surface area contributed by atoms with Gasteiger partial charge in [-0.15, -0.1) is 11.3 Å². The van der Waals surface area contributed by atoms with Crippen LogP contribution < -0.4 is 4.90 Å². The third-order valence-electron chi connectivity index (χ3n) is 4.13. The number of halogens is 1. The topological polar surface area (TPSA) is 41.5 Å². The van der Waals surface area contributed by atoms with Crippen molar-refractivity contribution in [2.45, 2.75) is 13.1 Å². The average Bonchev–Trinajstić information content (AvgIpc) is 3.22. The molecule has 25 heavy (non-hydrogen) atoms. The summed E-state index contributed by atoms with van der Waals surface area (Å²) in [5.74, 6) is 0. The lowest BCUT2D eigenvalue weighted by Gasteiger charge is -2.25. The van der Waals surface area contributed by atoms with Gasteiger partial charge in [0.25, 0.3) is 0 Å². The summed E-state index contributed by atoms with van der Waals surface area (Å²) in [5.41, 5.74) is 2.08. The van der Waals surface area contributed by atoms with Crippen LogP contribution in [0.2, 0.25) is 5.02 Å². The summed E-state index contributed by atoms with van der Waals surface area (Å²) in [6, 6.07) is 5.82. The highest BCUT2D eigenvalue weighted by Gasteiger charge is 2.14. The molecule has 3 aromatic rings. The molecule has 1 fully saturated rings. The van der Waals surface area contributed by atoms with Crippen molar-refractivity contribution in [2.24, 2.45) is 0 Å². The Hall–Kier alpha value is -1.25. The predicted octanol–water partition coefficient (Wildman–Crippen LogP) is 3.87. The molecule has 0 amide bonds. The van der Waals surface area contributed by atoms with Crippen LogP contribution in [-0.2, 0) is 17.8 Å². The Morgan fingerprint density at radius 1 is 1.28 bits per heavy atom. The Balaban J connectivity index is 1.42. The van der Waals surface area contributed by atoms with Crippen LogP contribution in [0.1, 0.15) is 10.7 Å². The Kier molecular flexibility index (Phi) is 5.19. The third kappa shape index (κ3) is 4.12. The van der Waals surface area contributed by atoms with Crippen LogP contribution in [0.25, 0.3) is 10.2 Å². The number of benzene rings is 1. The summed E-state index contributed by atoms with van der Waals surface area (Å²) in [6.07, 6.45) is 0. The third-order valence-corrected chi connectivity index (χ3v) is 6.38. The molecule has 1 saturated heterocycles. The van der Waals surface area contributed by atoms with E-state index in [0.29, 0.717) is 0 Å². The minimum Gasteiger partial charge on any atom is -0.379 e. The zero-order chi connectivity index (χ0) is 17.2. The summed E-state index contributed by atoms with van der Waals surface area (Å²) in [4.78, 5) is 14.0. The van der Waals surface area contributed by atoms with E-state index in [9.17, 15) is 0 Å². The Labute approximate surface area is 159 Å². The highest BCUT2D eigenvalue weighted by molar-refractivity contribution is 7.22. The van der Waals surface area contributed by atoms with Gasteiger partial charge in [-0.2, -0.15) is 0 Å². The molecule has 8 heteroatoms. The van der Waals surface area contributed by atoms with E-state index >= 15 is 0 Å². The zero-order valence-corrected chi connectivity index (χ0v) is 16.3. The smallest absolute Gasteiger partial charge is 0.186 e. The molecule has 4 rings (SSSR count). The molecular formula is C17H19ClN4OS2. The van der Waals surface area contributed by atoms with E-state index in [1.165, 1.54) is 5.01 Å². The molecule has 1 aliphatic rings. The fraction of sp³-hybridized carbons (Fsp3) is 0.412. The van der Waals surface area contributed by atoms with Gasteiger partial charge >= 0.3 is 0 Å². The number of nitrogens with zero attached hydrogens (tertiary/aromatic N) is 4. The maximum absolute atomic E-state index is 6.06. The fourth-order valence-corrected chi connectivity index (χ4v) is 4.83. The highest BCUT2D eigenvalue weighted by Crippen LogP contribution is 2.30. The van der Waals surface area contributed by atoms with Crippen LogP contribution in [0.5, 0.6) is 0 Å². The second-order valence-electron chi connectivity index (χ2n) is 6.09. The van der Waals surface area contributed by atoms with E-state index in [1.807, 2.05) is 18.2 Å². The first-order chi connectivity index (χ1) is 12.2. The maximum atomic E-state index is 6.06. The van der Waals surface area contributed by atoms with E-state index in [-0.39, 0.29) is 0 Å². The summed E-state index contributed by atoms with van der Waals surface area (Å²) in [5, 5.41) is 5.05. The van der Waals surface area contributed by atoms with Crippen LogP contribution in [-0.4, -0.2) is 48.2 Å². The van der Waals surface area contributed by atoms with E-state index in [0.717, 1.165) is 65.5 Å². The van der Waals surface area contributed by atoms with Crippen molar-refractivity contribution >= 4 is 49.6 Å². The number of rotatable bonds is 5. The lowest BCUT2D eigenvalue weighted by molar-refractivity contribution is 0.0341. The summed E-state index contributed by atoms with van der Waals surface area (Å²) < 4.78 is 6.51.